The Labute approximate surface area is 347 Å². The van der Waals surface area contributed by atoms with Crippen molar-refractivity contribution in [2.45, 2.75) is 19.3 Å². The first kappa shape index (κ1) is 34.4. The molecule has 0 saturated heterocycles. The summed E-state index contributed by atoms with van der Waals surface area (Å²) in [7, 11) is 0. The Bertz CT molecular complexity index is 3460. The molecule has 60 heavy (non-hydrogen) atoms. The van der Waals surface area contributed by atoms with Crippen molar-refractivity contribution in [3.05, 3.63) is 205 Å². The van der Waals surface area contributed by atoms with Gasteiger partial charge in [-0.3, -0.25) is 0 Å². The van der Waals surface area contributed by atoms with Crippen LogP contribution in [0, 0.1) is 0 Å². The topological polar surface area (TPSA) is 42.4 Å². The summed E-state index contributed by atoms with van der Waals surface area (Å²) >= 11 is 0. The lowest BCUT2D eigenvalue weighted by molar-refractivity contribution is 0.620. The first-order valence-electron chi connectivity index (χ1n) is 20.5. The van der Waals surface area contributed by atoms with Crippen LogP contribution in [0.4, 0.5) is 17.1 Å². The summed E-state index contributed by atoms with van der Waals surface area (Å²) in [6.07, 6.45) is 0. The molecular weight excluding hydrogens is 733 g/mol. The zero-order valence-electron chi connectivity index (χ0n) is 33.2. The van der Waals surface area contributed by atoms with E-state index in [1.165, 1.54) is 44.2 Å². The normalized spacial score (nSPS) is 13.0. The molecule has 12 rings (SSSR count). The van der Waals surface area contributed by atoms with Crippen LogP contribution in [-0.2, 0) is 5.41 Å². The molecule has 0 bridgehead atoms. The number of hydrogen-bond donors (Lipinski definition) is 0. The standard InChI is InChI=1S/C56H38N2O2/c1-56(2)49-18-9-8-17-45(49)47-32-44(26-28-50(47)56)58(43-16-10-15-39(30-43)40-20-19-35-11-6-7-14-38(35)29-40)42-24-21-36(22-25-42)41-23-27-46-48-33-54-51(34-53(48)59-52(46)31-41)57-55(60-54)37-12-4-3-5-13-37/h3-34H,1-2H3. The molecular formula is C56H38N2O2. The zero-order chi connectivity index (χ0) is 40.0. The lowest BCUT2D eigenvalue weighted by Crippen LogP contribution is -2.15. The monoisotopic (exact) mass is 770 g/mol. The van der Waals surface area contributed by atoms with Crippen LogP contribution < -0.4 is 4.90 Å². The Morgan fingerprint density at radius 3 is 1.95 bits per heavy atom. The predicted octanol–water partition coefficient (Wildman–Crippen LogP) is 15.7. The fourth-order valence-electron chi connectivity index (χ4n) is 9.37. The van der Waals surface area contributed by atoms with E-state index in [0.717, 1.165) is 66.8 Å². The van der Waals surface area contributed by atoms with E-state index in [-0.39, 0.29) is 5.41 Å². The predicted molar refractivity (Wildman–Crippen MR) is 247 cm³/mol. The average Bonchev–Trinajstić information content (AvgIpc) is 3.95. The van der Waals surface area contributed by atoms with Gasteiger partial charge in [0.15, 0.2) is 5.58 Å². The van der Waals surface area contributed by atoms with E-state index in [0.29, 0.717) is 5.89 Å². The van der Waals surface area contributed by atoms with Crippen molar-refractivity contribution >= 4 is 60.9 Å². The highest BCUT2D eigenvalue weighted by atomic mass is 16.4. The minimum atomic E-state index is -0.0679. The van der Waals surface area contributed by atoms with E-state index in [1.54, 1.807) is 0 Å². The molecule has 9 aromatic carbocycles. The van der Waals surface area contributed by atoms with Gasteiger partial charge in [-0.1, -0.05) is 129 Å². The van der Waals surface area contributed by atoms with E-state index >= 15 is 0 Å². The molecule has 0 atom stereocenters. The van der Waals surface area contributed by atoms with Crippen LogP contribution >= 0.6 is 0 Å². The van der Waals surface area contributed by atoms with Crippen molar-refractivity contribution in [3.8, 4) is 44.8 Å². The van der Waals surface area contributed by atoms with E-state index in [1.807, 2.05) is 42.5 Å². The maximum Gasteiger partial charge on any atom is 0.227 e. The van der Waals surface area contributed by atoms with Crippen molar-refractivity contribution in [1.29, 1.82) is 0 Å². The van der Waals surface area contributed by atoms with Gasteiger partial charge in [0.25, 0.3) is 0 Å². The third kappa shape index (κ3) is 5.49. The van der Waals surface area contributed by atoms with Gasteiger partial charge in [0.1, 0.15) is 16.7 Å². The third-order valence-electron chi connectivity index (χ3n) is 12.5. The molecule has 0 spiro atoms. The molecule has 0 N–H and O–H groups in total. The Hall–Kier alpha value is -7.69. The molecule has 0 amide bonds. The maximum atomic E-state index is 6.47. The minimum Gasteiger partial charge on any atom is -0.456 e. The lowest BCUT2D eigenvalue weighted by atomic mass is 9.82. The summed E-state index contributed by atoms with van der Waals surface area (Å²) in [6, 6.07) is 69.4. The van der Waals surface area contributed by atoms with Crippen LogP contribution in [0.2, 0.25) is 0 Å². The molecule has 0 fully saturated rings. The molecule has 1 aliphatic rings. The molecule has 4 nitrogen and oxygen atoms in total. The summed E-state index contributed by atoms with van der Waals surface area (Å²) < 4.78 is 12.7. The quantitative estimate of drug-likeness (QED) is 0.169. The van der Waals surface area contributed by atoms with Crippen molar-refractivity contribution in [3.63, 3.8) is 0 Å². The second kappa shape index (κ2) is 13.2. The first-order valence-corrected chi connectivity index (χ1v) is 20.5. The second-order valence-corrected chi connectivity index (χ2v) is 16.4. The Morgan fingerprint density at radius 1 is 0.400 bits per heavy atom. The maximum absolute atomic E-state index is 6.47. The summed E-state index contributed by atoms with van der Waals surface area (Å²) in [5, 5.41) is 4.53. The van der Waals surface area contributed by atoms with Gasteiger partial charge in [-0.25, -0.2) is 4.98 Å². The van der Waals surface area contributed by atoms with Gasteiger partial charge in [-0.05, 0) is 128 Å². The Kier molecular flexibility index (Phi) is 7.54. The van der Waals surface area contributed by atoms with Crippen molar-refractivity contribution in [1.82, 2.24) is 4.98 Å². The van der Waals surface area contributed by atoms with E-state index in [4.69, 9.17) is 13.8 Å². The average molecular weight is 771 g/mol. The van der Waals surface area contributed by atoms with Crippen molar-refractivity contribution < 1.29 is 8.83 Å². The van der Waals surface area contributed by atoms with Gasteiger partial charge in [0.05, 0.1) is 0 Å². The highest BCUT2D eigenvalue weighted by Crippen LogP contribution is 2.51. The Morgan fingerprint density at radius 2 is 1.07 bits per heavy atom. The number of rotatable bonds is 6. The molecule has 2 aromatic heterocycles. The van der Waals surface area contributed by atoms with Gasteiger partial charge in [0.2, 0.25) is 5.89 Å². The van der Waals surface area contributed by atoms with Crippen LogP contribution in [0.1, 0.15) is 25.0 Å². The van der Waals surface area contributed by atoms with Crippen LogP contribution in [0.25, 0.3) is 88.6 Å². The van der Waals surface area contributed by atoms with Gasteiger partial charge in [0, 0.05) is 44.9 Å². The smallest absolute Gasteiger partial charge is 0.227 e. The van der Waals surface area contributed by atoms with Crippen molar-refractivity contribution in [2.75, 3.05) is 4.90 Å². The number of fused-ring (bicyclic) bond motifs is 8. The molecule has 284 valence electrons. The van der Waals surface area contributed by atoms with E-state index in [9.17, 15) is 0 Å². The molecule has 0 saturated carbocycles. The van der Waals surface area contributed by atoms with Gasteiger partial charge in [-0.2, -0.15) is 0 Å². The van der Waals surface area contributed by atoms with Crippen LogP contribution in [0.15, 0.2) is 203 Å². The third-order valence-corrected chi connectivity index (χ3v) is 12.5. The number of aromatic nitrogens is 1. The SMILES string of the molecule is CC1(C)c2ccccc2-c2cc(N(c3ccc(-c4ccc5c(c4)oc4cc6nc(-c7ccccc7)oc6cc45)cc3)c3cccc(-c4ccc5ccccc5c4)c3)ccc21. The van der Waals surface area contributed by atoms with Crippen LogP contribution in [0.5, 0.6) is 0 Å². The summed E-state index contributed by atoms with van der Waals surface area (Å²) in [4.78, 5) is 7.15. The van der Waals surface area contributed by atoms with Gasteiger partial charge in [-0.15, -0.1) is 0 Å². The number of anilines is 3. The first-order chi connectivity index (χ1) is 29.4. The summed E-state index contributed by atoms with van der Waals surface area (Å²) in [6.45, 7) is 4.67. The molecule has 0 aliphatic heterocycles. The van der Waals surface area contributed by atoms with Gasteiger partial charge < -0.3 is 13.7 Å². The van der Waals surface area contributed by atoms with Crippen LogP contribution in [0.3, 0.4) is 0 Å². The van der Waals surface area contributed by atoms with Crippen LogP contribution in [-0.4, -0.2) is 4.98 Å². The molecule has 0 unspecified atom stereocenters. The number of hydrogen-bond acceptors (Lipinski definition) is 4. The number of oxazole rings is 1. The lowest BCUT2D eigenvalue weighted by Gasteiger charge is -2.28. The number of benzene rings is 9. The molecule has 0 radical (unpaired) electrons. The number of furan rings is 1. The van der Waals surface area contributed by atoms with E-state index in [2.05, 4.69) is 170 Å². The summed E-state index contributed by atoms with van der Waals surface area (Å²) in [5.41, 5.74) is 17.2. The fourth-order valence-corrected chi connectivity index (χ4v) is 9.37. The molecule has 11 aromatic rings. The highest BCUT2D eigenvalue weighted by molar-refractivity contribution is 6.09. The molecule has 4 heteroatoms. The van der Waals surface area contributed by atoms with E-state index < -0.39 is 0 Å². The Balaban J connectivity index is 0.934. The minimum absolute atomic E-state index is 0.0679. The molecule has 1 aliphatic carbocycles. The zero-order valence-corrected chi connectivity index (χ0v) is 33.2. The number of nitrogens with zero attached hydrogens (tertiary/aromatic N) is 2. The highest BCUT2D eigenvalue weighted by Gasteiger charge is 2.35. The second-order valence-electron chi connectivity index (χ2n) is 16.4. The summed E-state index contributed by atoms with van der Waals surface area (Å²) in [5.74, 6) is 0.606. The molecule has 2 heterocycles. The van der Waals surface area contributed by atoms with Crippen molar-refractivity contribution in [2.24, 2.45) is 0 Å². The van der Waals surface area contributed by atoms with Gasteiger partial charge >= 0.3 is 0 Å². The largest absolute Gasteiger partial charge is 0.456 e. The fraction of sp³-hybridized carbons (Fsp3) is 0.0536.